The van der Waals surface area contributed by atoms with E-state index in [0.29, 0.717) is 22.9 Å². The quantitative estimate of drug-likeness (QED) is 0.298. The number of aliphatic hydroxyl groups is 1. The number of aromatic nitrogens is 3. The van der Waals surface area contributed by atoms with Crippen molar-refractivity contribution in [2.75, 3.05) is 0 Å². The predicted octanol–water partition coefficient (Wildman–Crippen LogP) is 4.75. The number of benzene rings is 3. The molecule has 0 spiro atoms. The number of hydrogen-bond donors (Lipinski definition) is 2. The molecule has 204 valence electrons. The molecule has 8 nitrogen and oxygen atoms in total. The number of aliphatic carboxylic acids is 1. The average molecular weight is 542 g/mol. The van der Waals surface area contributed by atoms with Crippen LogP contribution in [0, 0.1) is 12.8 Å². The topological polar surface area (TPSA) is 115 Å². The van der Waals surface area contributed by atoms with Crippen LogP contribution in [-0.2, 0) is 17.8 Å². The number of hydrogen-bond acceptors (Lipinski definition) is 6. The zero-order valence-corrected chi connectivity index (χ0v) is 20.9. The van der Waals surface area contributed by atoms with E-state index >= 15 is 0 Å². The number of aryl methyl sites for hydroxylation is 3. The molecule has 0 aliphatic heterocycles. The van der Waals surface area contributed by atoms with Gasteiger partial charge < -0.3 is 14.9 Å². The fraction of sp³-hybridized carbons (Fsp3) is 0.286. The Bertz CT molecular complexity index is 1500. The van der Waals surface area contributed by atoms with Crippen LogP contribution in [0.1, 0.15) is 24.0 Å². The second-order valence-corrected chi connectivity index (χ2v) is 9.25. The van der Waals surface area contributed by atoms with Crippen molar-refractivity contribution in [1.82, 2.24) is 15.0 Å². The van der Waals surface area contributed by atoms with Crippen molar-refractivity contribution in [2.45, 2.75) is 45.2 Å². The summed E-state index contributed by atoms with van der Waals surface area (Å²) in [5, 5.41) is 28.7. The fourth-order valence-electron chi connectivity index (χ4n) is 4.30. The van der Waals surface area contributed by atoms with Crippen LogP contribution < -0.4 is 10.3 Å². The first-order chi connectivity index (χ1) is 18.5. The monoisotopic (exact) mass is 541 g/mol. The molecule has 3 aromatic carbocycles. The van der Waals surface area contributed by atoms with Crippen molar-refractivity contribution >= 4 is 16.9 Å². The maximum atomic E-state index is 12.7. The molecule has 0 saturated carbocycles. The van der Waals surface area contributed by atoms with Crippen molar-refractivity contribution < 1.29 is 32.9 Å². The number of carboxylic acids is 1. The van der Waals surface area contributed by atoms with Crippen molar-refractivity contribution in [3.63, 3.8) is 0 Å². The average Bonchev–Trinajstić information content (AvgIpc) is 2.88. The highest BCUT2D eigenvalue weighted by atomic mass is 19.4. The number of ether oxygens (including phenoxy) is 1. The number of aliphatic hydroxyl groups excluding tert-OH is 1. The van der Waals surface area contributed by atoms with E-state index in [4.69, 9.17) is 0 Å². The zero-order valence-electron chi connectivity index (χ0n) is 20.9. The largest absolute Gasteiger partial charge is 0.573 e. The zero-order chi connectivity index (χ0) is 28.2. The number of carbonyl (C=O) groups is 1. The summed E-state index contributed by atoms with van der Waals surface area (Å²) in [5.74, 6) is -2.59. The van der Waals surface area contributed by atoms with E-state index in [1.165, 1.54) is 24.3 Å². The van der Waals surface area contributed by atoms with Crippen molar-refractivity contribution in [3.8, 4) is 16.9 Å². The van der Waals surface area contributed by atoms with Crippen LogP contribution in [0.15, 0.2) is 71.5 Å². The highest BCUT2D eigenvalue weighted by Gasteiger charge is 2.31. The number of nitrogens with zero attached hydrogens (tertiary/aromatic N) is 3. The first-order valence-electron chi connectivity index (χ1n) is 12.2. The Morgan fingerprint density at radius 3 is 2.26 bits per heavy atom. The van der Waals surface area contributed by atoms with E-state index in [-0.39, 0.29) is 30.7 Å². The summed E-state index contributed by atoms with van der Waals surface area (Å²) in [7, 11) is 0. The molecule has 2 N–H and O–H groups in total. The highest BCUT2D eigenvalue weighted by molar-refractivity contribution is 5.77. The molecule has 0 aliphatic carbocycles. The van der Waals surface area contributed by atoms with Gasteiger partial charge in [-0.25, -0.2) is 4.68 Å². The second-order valence-electron chi connectivity index (χ2n) is 9.25. The van der Waals surface area contributed by atoms with Gasteiger partial charge in [0.25, 0.3) is 5.56 Å². The van der Waals surface area contributed by atoms with Gasteiger partial charge in [0.2, 0.25) is 0 Å². The Kier molecular flexibility index (Phi) is 8.29. The van der Waals surface area contributed by atoms with Crippen LogP contribution >= 0.6 is 0 Å². The van der Waals surface area contributed by atoms with Crippen LogP contribution in [0.2, 0.25) is 0 Å². The highest BCUT2D eigenvalue weighted by Crippen LogP contribution is 2.27. The molecule has 0 aliphatic rings. The minimum Gasteiger partial charge on any atom is -0.481 e. The van der Waals surface area contributed by atoms with E-state index in [2.05, 4.69) is 15.0 Å². The lowest BCUT2D eigenvalue weighted by Crippen LogP contribution is -2.32. The van der Waals surface area contributed by atoms with Crippen LogP contribution in [-0.4, -0.2) is 43.6 Å². The maximum absolute atomic E-state index is 12.7. The molecule has 4 rings (SSSR count). The minimum atomic E-state index is -4.75. The Hall–Kier alpha value is -4.25. The number of fused-ring (bicyclic) bond motifs is 1. The van der Waals surface area contributed by atoms with E-state index < -0.39 is 24.4 Å². The number of carboxylic acid groups (broad SMARTS) is 1. The van der Waals surface area contributed by atoms with E-state index in [0.717, 1.165) is 21.4 Å². The standard InChI is InChI=1S/C28H26F3N3O5/c1-17-2-12-22-24(16-17)32-33-34(26(22)36)15-14-23(27(37)38)25(35)13-5-18-3-6-19(7-4-18)20-8-10-21(11-9-20)39-28(29,30)31/h2-4,6-12,16,23,25,35H,5,13-15H2,1H3,(H,37,38)/t23-,25+/m0/s1. The number of halogens is 3. The second kappa shape index (κ2) is 11.6. The summed E-state index contributed by atoms with van der Waals surface area (Å²) in [6, 6.07) is 17.9. The molecular formula is C28H26F3N3O5. The minimum absolute atomic E-state index is 0.00452. The fourth-order valence-corrected chi connectivity index (χ4v) is 4.30. The maximum Gasteiger partial charge on any atom is 0.573 e. The van der Waals surface area contributed by atoms with Gasteiger partial charge >= 0.3 is 12.3 Å². The van der Waals surface area contributed by atoms with Gasteiger partial charge in [-0.05, 0) is 72.7 Å². The first kappa shape index (κ1) is 27.8. The Morgan fingerprint density at radius 2 is 1.64 bits per heavy atom. The van der Waals surface area contributed by atoms with Crippen LogP contribution in [0.25, 0.3) is 22.0 Å². The van der Waals surface area contributed by atoms with Crippen LogP contribution in [0.3, 0.4) is 0 Å². The molecular weight excluding hydrogens is 515 g/mol. The summed E-state index contributed by atoms with van der Waals surface area (Å²) in [4.78, 5) is 24.6. The van der Waals surface area contributed by atoms with Crippen molar-refractivity contribution in [1.29, 1.82) is 0 Å². The van der Waals surface area contributed by atoms with Gasteiger partial charge in [0.15, 0.2) is 0 Å². The van der Waals surface area contributed by atoms with Gasteiger partial charge in [-0.3, -0.25) is 9.59 Å². The lowest BCUT2D eigenvalue weighted by Gasteiger charge is -2.19. The molecule has 39 heavy (non-hydrogen) atoms. The van der Waals surface area contributed by atoms with Crippen LogP contribution in [0.4, 0.5) is 13.2 Å². The molecule has 4 aromatic rings. The van der Waals surface area contributed by atoms with Gasteiger partial charge in [0.1, 0.15) is 11.3 Å². The van der Waals surface area contributed by atoms with E-state index in [1.54, 1.807) is 30.3 Å². The molecule has 1 heterocycles. The summed E-state index contributed by atoms with van der Waals surface area (Å²) in [6.45, 7) is 1.86. The summed E-state index contributed by atoms with van der Waals surface area (Å²) in [5.41, 5.74) is 3.35. The Morgan fingerprint density at radius 1 is 1.00 bits per heavy atom. The molecule has 1 aromatic heterocycles. The lowest BCUT2D eigenvalue weighted by molar-refractivity contribution is -0.274. The van der Waals surface area contributed by atoms with Gasteiger partial charge in [-0.1, -0.05) is 47.7 Å². The van der Waals surface area contributed by atoms with E-state index in [1.807, 2.05) is 19.1 Å². The molecule has 0 amide bonds. The van der Waals surface area contributed by atoms with Gasteiger partial charge in [0.05, 0.1) is 17.4 Å². The predicted molar refractivity (Wildman–Crippen MR) is 137 cm³/mol. The van der Waals surface area contributed by atoms with Gasteiger partial charge in [-0.15, -0.1) is 18.3 Å². The molecule has 11 heteroatoms. The number of alkyl halides is 3. The smallest absolute Gasteiger partial charge is 0.481 e. The normalized spacial score (nSPS) is 13.3. The third-order valence-electron chi connectivity index (χ3n) is 6.42. The molecule has 0 saturated heterocycles. The molecule has 0 unspecified atom stereocenters. The molecule has 2 atom stereocenters. The lowest BCUT2D eigenvalue weighted by atomic mass is 9.93. The molecule has 0 radical (unpaired) electrons. The Labute approximate surface area is 221 Å². The summed E-state index contributed by atoms with van der Waals surface area (Å²) >= 11 is 0. The van der Waals surface area contributed by atoms with Crippen molar-refractivity contribution in [3.05, 3.63) is 88.2 Å². The SMILES string of the molecule is Cc1ccc2c(=O)n(CC[C@H](C(=O)O)[C@H](O)CCc3ccc(-c4ccc(OC(F)(F)F)cc4)cc3)nnc2c1. The van der Waals surface area contributed by atoms with Crippen LogP contribution in [0.5, 0.6) is 5.75 Å². The Balaban J connectivity index is 1.35. The third kappa shape index (κ3) is 7.20. The third-order valence-corrected chi connectivity index (χ3v) is 6.42. The van der Waals surface area contributed by atoms with E-state index in [9.17, 15) is 33.0 Å². The summed E-state index contributed by atoms with van der Waals surface area (Å²) in [6.07, 6.45) is -5.34. The first-order valence-corrected chi connectivity index (χ1v) is 12.2. The van der Waals surface area contributed by atoms with Crippen molar-refractivity contribution in [2.24, 2.45) is 5.92 Å². The molecule has 0 bridgehead atoms. The number of rotatable bonds is 10. The van der Waals surface area contributed by atoms with Gasteiger partial charge in [0, 0.05) is 6.54 Å². The summed E-state index contributed by atoms with van der Waals surface area (Å²) < 4.78 is 42.0. The van der Waals surface area contributed by atoms with Gasteiger partial charge in [-0.2, -0.15) is 0 Å². The molecule has 0 fully saturated rings.